The van der Waals surface area contributed by atoms with E-state index in [1.165, 1.54) is 35.5 Å². The van der Waals surface area contributed by atoms with E-state index >= 15 is 0 Å². The van der Waals surface area contributed by atoms with Crippen molar-refractivity contribution < 1.29 is 19.2 Å². The van der Waals surface area contributed by atoms with Gasteiger partial charge in [0, 0.05) is 12.1 Å². The van der Waals surface area contributed by atoms with Crippen LogP contribution in [0.1, 0.15) is 20.8 Å². The average Bonchev–Trinajstić information content (AvgIpc) is 2.93. The molecule has 0 fully saturated rings. The molecule has 2 rings (SSSR count). The number of non-ortho nitro benzene ring substituents is 1. The lowest BCUT2D eigenvalue weighted by Crippen LogP contribution is -2.37. The molecule has 1 unspecified atom stereocenters. The van der Waals surface area contributed by atoms with Crippen LogP contribution >= 0.6 is 0 Å². The fourth-order valence-corrected chi connectivity index (χ4v) is 1.89. The number of rotatable bonds is 4. The minimum atomic E-state index is -0.557. The van der Waals surface area contributed by atoms with Gasteiger partial charge in [0.2, 0.25) is 0 Å². The van der Waals surface area contributed by atoms with E-state index in [-0.39, 0.29) is 18.3 Å². The highest BCUT2D eigenvalue weighted by molar-refractivity contribution is 5.84. The first-order chi connectivity index (χ1) is 10.7. The number of benzene rings is 1. The molecule has 0 aliphatic carbocycles. The van der Waals surface area contributed by atoms with Crippen molar-refractivity contribution in [3.8, 4) is 5.75 Å². The van der Waals surface area contributed by atoms with Gasteiger partial charge in [0.05, 0.1) is 17.8 Å². The largest absolute Gasteiger partial charge is 0.491 e. The molecule has 23 heavy (non-hydrogen) atoms. The molecule has 1 aromatic carbocycles. The highest BCUT2D eigenvalue weighted by Crippen LogP contribution is 2.18. The molecule has 1 heterocycles. The Morgan fingerprint density at radius 2 is 2.04 bits per heavy atom. The van der Waals surface area contributed by atoms with Gasteiger partial charge in [0.15, 0.2) is 0 Å². The number of nitro benzene ring substituents is 1. The van der Waals surface area contributed by atoms with Gasteiger partial charge >= 0.3 is 6.09 Å². The summed E-state index contributed by atoms with van der Waals surface area (Å²) in [4.78, 5) is 27.6. The molecule has 1 amide bonds. The van der Waals surface area contributed by atoms with E-state index in [9.17, 15) is 14.9 Å². The second kappa shape index (κ2) is 6.64. The van der Waals surface area contributed by atoms with E-state index in [4.69, 9.17) is 9.47 Å². The molecule has 8 heteroatoms. The lowest BCUT2D eigenvalue weighted by molar-refractivity contribution is -0.384. The van der Waals surface area contributed by atoms with Gasteiger partial charge < -0.3 is 9.47 Å². The number of carbonyl (C=O) groups is 1. The van der Waals surface area contributed by atoms with Gasteiger partial charge in [0.1, 0.15) is 24.0 Å². The van der Waals surface area contributed by atoms with Crippen LogP contribution in [0.25, 0.3) is 0 Å². The minimum Gasteiger partial charge on any atom is -0.491 e. The monoisotopic (exact) mass is 321 g/mol. The number of ether oxygens (including phenoxy) is 2. The Labute approximate surface area is 133 Å². The Morgan fingerprint density at radius 3 is 2.61 bits per heavy atom. The summed E-state index contributed by atoms with van der Waals surface area (Å²) < 4.78 is 10.8. The molecule has 1 aromatic rings. The maximum atomic E-state index is 11.9. The molecule has 124 valence electrons. The third kappa shape index (κ3) is 4.94. The Hall–Kier alpha value is -2.64. The number of nitro groups is 1. The number of amides is 1. The van der Waals surface area contributed by atoms with Gasteiger partial charge in [-0.3, -0.25) is 20.0 Å². The zero-order valence-corrected chi connectivity index (χ0v) is 13.3. The van der Waals surface area contributed by atoms with Crippen molar-refractivity contribution >= 4 is 18.1 Å². The van der Waals surface area contributed by atoms with E-state index in [1.807, 2.05) is 0 Å². The molecule has 0 saturated heterocycles. The molecular weight excluding hydrogens is 302 g/mol. The van der Waals surface area contributed by atoms with Crippen molar-refractivity contribution in [2.24, 2.45) is 4.99 Å². The van der Waals surface area contributed by atoms with Gasteiger partial charge in [-0.05, 0) is 32.9 Å². The van der Waals surface area contributed by atoms with Gasteiger partial charge in [0.25, 0.3) is 5.69 Å². The molecule has 0 aromatic heterocycles. The second-order valence-corrected chi connectivity index (χ2v) is 6.11. The molecule has 1 atom stereocenters. The van der Waals surface area contributed by atoms with Crippen molar-refractivity contribution in [1.29, 1.82) is 0 Å². The molecule has 1 aliphatic rings. The summed E-state index contributed by atoms with van der Waals surface area (Å²) in [6, 6.07) is 5.61. The fourth-order valence-electron chi connectivity index (χ4n) is 1.89. The SMILES string of the molecule is CC(C)(C)OC(=O)N1C=NC(COc2ccc([N+](=O)[O-])cc2)C1. The topological polar surface area (TPSA) is 94.3 Å². The van der Waals surface area contributed by atoms with Crippen molar-refractivity contribution in [3.63, 3.8) is 0 Å². The summed E-state index contributed by atoms with van der Waals surface area (Å²) in [5.74, 6) is 0.515. The predicted molar refractivity (Wildman–Crippen MR) is 83.8 cm³/mol. The first kappa shape index (κ1) is 16.7. The molecule has 0 N–H and O–H groups in total. The summed E-state index contributed by atoms with van der Waals surface area (Å²) in [6.07, 6.45) is 0.997. The van der Waals surface area contributed by atoms with Crippen LogP contribution in [0.15, 0.2) is 29.3 Å². The lowest BCUT2D eigenvalue weighted by atomic mass is 10.2. The standard InChI is InChI=1S/C15H19N3O5/c1-15(2,3)23-14(19)17-8-11(16-10-17)9-22-13-6-4-12(5-7-13)18(20)21/h4-7,10-11H,8-9H2,1-3H3. The predicted octanol–water partition coefficient (Wildman–Crippen LogP) is 2.62. The van der Waals surface area contributed by atoms with Crippen molar-refractivity contribution in [2.45, 2.75) is 32.4 Å². The van der Waals surface area contributed by atoms with E-state index in [1.54, 1.807) is 20.8 Å². The molecular formula is C15H19N3O5. The first-order valence-corrected chi connectivity index (χ1v) is 7.15. The molecule has 0 radical (unpaired) electrons. The Bertz CT molecular complexity index is 607. The van der Waals surface area contributed by atoms with E-state index in [2.05, 4.69) is 4.99 Å². The van der Waals surface area contributed by atoms with Crippen LogP contribution in [0.3, 0.4) is 0 Å². The number of hydrogen-bond acceptors (Lipinski definition) is 6. The Morgan fingerprint density at radius 1 is 1.39 bits per heavy atom. The molecule has 0 spiro atoms. The average molecular weight is 321 g/mol. The van der Waals surface area contributed by atoms with Crippen LogP contribution in [0.2, 0.25) is 0 Å². The molecule has 0 saturated carbocycles. The van der Waals surface area contributed by atoms with Crippen molar-refractivity contribution in [2.75, 3.05) is 13.2 Å². The number of hydrogen-bond donors (Lipinski definition) is 0. The summed E-state index contributed by atoms with van der Waals surface area (Å²) in [5, 5.41) is 10.6. The Balaban J connectivity index is 1.81. The second-order valence-electron chi connectivity index (χ2n) is 6.11. The molecule has 0 bridgehead atoms. The number of aliphatic imine (C=N–C) groups is 1. The van der Waals surface area contributed by atoms with Crippen LogP contribution in [-0.4, -0.2) is 47.0 Å². The number of carbonyl (C=O) groups excluding carboxylic acids is 1. The smallest absolute Gasteiger partial charge is 0.415 e. The zero-order chi connectivity index (χ0) is 17.0. The summed E-state index contributed by atoms with van der Waals surface area (Å²) in [5.41, 5.74) is -0.550. The van der Waals surface area contributed by atoms with Gasteiger partial charge in [-0.25, -0.2) is 4.79 Å². The van der Waals surface area contributed by atoms with E-state index in [0.29, 0.717) is 12.3 Å². The third-order valence-electron chi connectivity index (χ3n) is 2.94. The Kier molecular flexibility index (Phi) is 4.83. The maximum absolute atomic E-state index is 11.9. The van der Waals surface area contributed by atoms with Crippen molar-refractivity contribution in [1.82, 2.24) is 4.90 Å². The van der Waals surface area contributed by atoms with Crippen LogP contribution < -0.4 is 4.74 Å². The van der Waals surface area contributed by atoms with Crippen LogP contribution in [-0.2, 0) is 4.74 Å². The molecule has 1 aliphatic heterocycles. The maximum Gasteiger partial charge on any atom is 0.415 e. The summed E-state index contributed by atoms with van der Waals surface area (Å²) in [6.45, 7) is 6.05. The van der Waals surface area contributed by atoms with Crippen LogP contribution in [0, 0.1) is 10.1 Å². The van der Waals surface area contributed by atoms with Crippen LogP contribution in [0.5, 0.6) is 5.75 Å². The zero-order valence-electron chi connectivity index (χ0n) is 13.3. The van der Waals surface area contributed by atoms with Gasteiger partial charge in [-0.1, -0.05) is 0 Å². The third-order valence-corrected chi connectivity index (χ3v) is 2.94. The lowest BCUT2D eigenvalue weighted by Gasteiger charge is -2.23. The van der Waals surface area contributed by atoms with Crippen molar-refractivity contribution in [3.05, 3.63) is 34.4 Å². The first-order valence-electron chi connectivity index (χ1n) is 7.15. The normalized spacial score (nSPS) is 17.2. The number of nitrogens with zero attached hydrogens (tertiary/aromatic N) is 3. The fraction of sp³-hybridized carbons (Fsp3) is 0.467. The summed E-state index contributed by atoms with van der Waals surface area (Å²) in [7, 11) is 0. The van der Waals surface area contributed by atoms with Gasteiger partial charge in [-0.15, -0.1) is 0 Å². The van der Waals surface area contributed by atoms with Gasteiger partial charge in [-0.2, -0.15) is 0 Å². The quantitative estimate of drug-likeness (QED) is 0.627. The van der Waals surface area contributed by atoms with E-state index < -0.39 is 16.6 Å². The highest BCUT2D eigenvalue weighted by atomic mass is 16.6. The van der Waals surface area contributed by atoms with Crippen LogP contribution in [0.4, 0.5) is 10.5 Å². The van der Waals surface area contributed by atoms with E-state index in [0.717, 1.165) is 0 Å². The minimum absolute atomic E-state index is 0.00679. The summed E-state index contributed by atoms with van der Waals surface area (Å²) >= 11 is 0. The molecule has 8 nitrogen and oxygen atoms in total. The highest BCUT2D eigenvalue weighted by Gasteiger charge is 2.27.